The van der Waals surface area contributed by atoms with Crippen molar-refractivity contribution < 1.29 is 0 Å². The Morgan fingerprint density at radius 1 is 1.41 bits per heavy atom. The van der Waals surface area contributed by atoms with E-state index in [2.05, 4.69) is 25.5 Å². The number of hydrogen-bond donors (Lipinski definition) is 1. The molecule has 90 valence electrons. The summed E-state index contributed by atoms with van der Waals surface area (Å²) in [5, 5.41) is 9.19. The van der Waals surface area contributed by atoms with Crippen molar-refractivity contribution >= 4 is 11.3 Å². The molecule has 4 nitrogen and oxygen atoms in total. The number of likely N-dealkylation sites (tertiary alicyclic amines) is 1. The molecule has 3 rings (SSSR count). The van der Waals surface area contributed by atoms with Gasteiger partial charge in [0.2, 0.25) is 0 Å². The van der Waals surface area contributed by atoms with Crippen LogP contribution in [0, 0.1) is 0 Å². The molecule has 0 bridgehead atoms. The minimum Gasteiger partial charge on any atom is -0.297 e. The molecular formula is C12H16N4S. The number of hydrogen-bond acceptors (Lipinski definition) is 4. The number of rotatable bonds is 3. The van der Waals surface area contributed by atoms with Gasteiger partial charge in [0.15, 0.2) is 0 Å². The van der Waals surface area contributed by atoms with Gasteiger partial charge in [0.1, 0.15) is 0 Å². The van der Waals surface area contributed by atoms with Gasteiger partial charge in [-0.1, -0.05) is 0 Å². The van der Waals surface area contributed by atoms with Crippen LogP contribution in [0.15, 0.2) is 23.2 Å². The lowest BCUT2D eigenvalue weighted by molar-refractivity contribution is 0.201. The van der Waals surface area contributed by atoms with Gasteiger partial charge in [-0.05, 0) is 32.0 Å². The highest BCUT2D eigenvalue weighted by Crippen LogP contribution is 2.27. The number of H-pyrrole nitrogens is 1. The van der Waals surface area contributed by atoms with Crippen LogP contribution in [0.2, 0.25) is 0 Å². The summed E-state index contributed by atoms with van der Waals surface area (Å²) in [4.78, 5) is 6.91. The fraction of sp³-hybridized carbons (Fsp3) is 0.500. The molecule has 0 radical (unpaired) electrons. The predicted octanol–water partition coefficient (Wildman–Crippen LogP) is 2.25. The van der Waals surface area contributed by atoms with Crippen LogP contribution in [0.4, 0.5) is 0 Å². The van der Waals surface area contributed by atoms with Gasteiger partial charge in [-0.25, -0.2) is 4.98 Å². The summed E-state index contributed by atoms with van der Waals surface area (Å²) in [6.45, 7) is 3.30. The zero-order valence-corrected chi connectivity index (χ0v) is 10.5. The van der Waals surface area contributed by atoms with Crippen molar-refractivity contribution in [3.05, 3.63) is 34.5 Å². The Morgan fingerprint density at radius 3 is 2.94 bits per heavy atom. The number of thiazole rings is 1. The first kappa shape index (κ1) is 10.9. The Morgan fingerprint density at radius 2 is 2.29 bits per heavy atom. The second kappa shape index (κ2) is 4.98. The van der Waals surface area contributed by atoms with Gasteiger partial charge in [0.05, 0.1) is 11.2 Å². The maximum atomic E-state index is 4.42. The molecular weight excluding hydrogens is 232 g/mol. The quantitative estimate of drug-likeness (QED) is 0.906. The zero-order chi connectivity index (χ0) is 11.5. The van der Waals surface area contributed by atoms with Crippen LogP contribution in [-0.2, 0) is 6.54 Å². The SMILES string of the molecule is c1cc(CN2CCC(c3cscn3)CC2)[nH]n1. The van der Waals surface area contributed by atoms with Gasteiger partial charge in [-0.15, -0.1) is 11.3 Å². The molecule has 1 aliphatic rings. The van der Waals surface area contributed by atoms with Crippen molar-refractivity contribution in [3.8, 4) is 0 Å². The molecule has 1 N–H and O–H groups in total. The van der Waals surface area contributed by atoms with Crippen molar-refractivity contribution in [1.82, 2.24) is 20.1 Å². The fourth-order valence-corrected chi connectivity index (χ4v) is 3.06. The third-order valence-electron chi connectivity index (χ3n) is 3.41. The molecule has 0 aliphatic carbocycles. The molecule has 0 amide bonds. The summed E-state index contributed by atoms with van der Waals surface area (Å²) in [6, 6.07) is 2.05. The second-order valence-corrected chi connectivity index (χ2v) is 5.26. The van der Waals surface area contributed by atoms with Gasteiger partial charge in [0.25, 0.3) is 0 Å². The van der Waals surface area contributed by atoms with Crippen LogP contribution < -0.4 is 0 Å². The van der Waals surface area contributed by atoms with Crippen LogP contribution >= 0.6 is 11.3 Å². The first-order chi connectivity index (χ1) is 8.42. The summed E-state index contributed by atoms with van der Waals surface area (Å²) in [6.07, 6.45) is 4.26. The Hall–Kier alpha value is -1.20. The van der Waals surface area contributed by atoms with Crippen LogP contribution in [0.3, 0.4) is 0 Å². The van der Waals surface area contributed by atoms with Gasteiger partial charge in [0, 0.05) is 29.7 Å². The number of nitrogens with one attached hydrogen (secondary N) is 1. The minimum atomic E-state index is 0.666. The van der Waals surface area contributed by atoms with E-state index in [1.807, 2.05) is 17.8 Å². The lowest BCUT2D eigenvalue weighted by atomic mass is 9.94. The molecule has 1 aliphatic heterocycles. The van der Waals surface area contributed by atoms with Crippen LogP contribution in [0.1, 0.15) is 30.1 Å². The third kappa shape index (κ3) is 2.56. The van der Waals surface area contributed by atoms with E-state index in [9.17, 15) is 0 Å². The van der Waals surface area contributed by atoms with E-state index in [4.69, 9.17) is 0 Å². The van der Waals surface area contributed by atoms with Gasteiger partial charge in [-0.3, -0.25) is 10.00 Å². The van der Waals surface area contributed by atoms with Crippen molar-refractivity contribution in [2.24, 2.45) is 0 Å². The topological polar surface area (TPSA) is 44.8 Å². The molecule has 2 aromatic rings. The minimum absolute atomic E-state index is 0.666. The highest BCUT2D eigenvalue weighted by Gasteiger charge is 2.21. The van der Waals surface area contributed by atoms with E-state index in [0.717, 1.165) is 19.6 Å². The van der Waals surface area contributed by atoms with E-state index in [1.54, 1.807) is 11.3 Å². The van der Waals surface area contributed by atoms with E-state index in [-0.39, 0.29) is 0 Å². The number of piperidine rings is 1. The van der Waals surface area contributed by atoms with E-state index in [0.29, 0.717) is 5.92 Å². The average Bonchev–Trinajstić information content (AvgIpc) is 3.01. The molecule has 0 atom stereocenters. The van der Waals surface area contributed by atoms with Gasteiger partial charge in [-0.2, -0.15) is 5.10 Å². The molecule has 0 spiro atoms. The van der Waals surface area contributed by atoms with E-state index < -0.39 is 0 Å². The summed E-state index contributed by atoms with van der Waals surface area (Å²) >= 11 is 1.70. The van der Waals surface area contributed by atoms with E-state index in [1.165, 1.54) is 24.2 Å². The highest BCUT2D eigenvalue weighted by molar-refractivity contribution is 7.07. The maximum absolute atomic E-state index is 4.42. The van der Waals surface area contributed by atoms with Crippen molar-refractivity contribution in [2.45, 2.75) is 25.3 Å². The first-order valence-corrected chi connectivity index (χ1v) is 6.95. The standard InChI is InChI=1S/C12H16N4S/c1-4-14-15-11(1)7-16-5-2-10(3-6-16)12-8-17-9-13-12/h1,4,8-10H,2-3,5-7H2,(H,14,15). The fourth-order valence-electron chi connectivity index (χ4n) is 2.42. The Kier molecular flexibility index (Phi) is 3.20. The van der Waals surface area contributed by atoms with E-state index >= 15 is 0 Å². The Balaban J connectivity index is 1.54. The van der Waals surface area contributed by atoms with Gasteiger partial charge < -0.3 is 0 Å². The second-order valence-electron chi connectivity index (χ2n) is 4.55. The first-order valence-electron chi connectivity index (χ1n) is 6.00. The molecule has 5 heteroatoms. The molecule has 3 heterocycles. The van der Waals surface area contributed by atoms with Crippen molar-refractivity contribution in [1.29, 1.82) is 0 Å². The molecule has 0 aromatic carbocycles. The van der Waals surface area contributed by atoms with Crippen LogP contribution in [-0.4, -0.2) is 33.2 Å². The lowest BCUT2D eigenvalue weighted by Gasteiger charge is -2.30. The monoisotopic (exact) mass is 248 g/mol. The highest BCUT2D eigenvalue weighted by atomic mass is 32.1. The molecule has 0 saturated carbocycles. The third-order valence-corrected chi connectivity index (χ3v) is 4.01. The Labute approximate surface area is 105 Å². The predicted molar refractivity (Wildman–Crippen MR) is 68.0 cm³/mol. The van der Waals surface area contributed by atoms with Crippen LogP contribution in [0.25, 0.3) is 0 Å². The zero-order valence-electron chi connectivity index (χ0n) is 9.67. The molecule has 17 heavy (non-hydrogen) atoms. The number of nitrogens with zero attached hydrogens (tertiary/aromatic N) is 3. The number of aromatic nitrogens is 3. The maximum Gasteiger partial charge on any atom is 0.0794 e. The smallest absolute Gasteiger partial charge is 0.0794 e. The molecule has 1 fully saturated rings. The average molecular weight is 248 g/mol. The van der Waals surface area contributed by atoms with Crippen molar-refractivity contribution in [3.63, 3.8) is 0 Å². The molecule has 0 unspecified atom stereocenters. The largest absolute Gasteiger partial charge is 0.297 e. The molecule has 2 aromatic heterocycles. The number of aromatic amines is 1. The van der Waals surface area contributed by atoms with Crippen LogP contribution in [0.5, 0.6) is 0 Å². The lowest BCUT2D eigenvalue weighted by Crippen LogP contribution is -2.32. The van der Waals surface area contributed by atoms with Gasteiger partial charge >= 0.3 is 0 Å². The summed E-state index contributed by atoms with van der Waals surface area (Å²) < 4.78 is 0. The summed E-state index contributed by atoms with van der Waals surface area (Å²) in [5.74, 6) is 0.666. The summed E-state index contributed by atoms with van der Waals surface area (Å²) in [7, 11) is 0. The Bertz CT molecular complexity index is 429. The normalized spacial score (nSPS) is 18.6. The van der Waals surface area contributed by atoms with Crippen molar-refractivity contribution in [2.75, 3.05) is 13.1 Å². The summed E-state index contributed by atoms with van der Waals surface area (Å²) in [5.41, 5.74) is 4.43. The molecule has 1 saturated heterocycles.